The second-order valence-corrected chi connectivity index (χ2v) is 5.63. The first-order valence-corrected chi connectivity index (χ1v) is 7.62. The highest BCUT2D eigenvalue weighted by molar-refractivity contribution is 7.08. The van der Waals surface area contributed by atoms with E-state index in [0.717, 1.165) is 11.8 Å². The molecule has 8 heteroatoms. The van der Waals surface area contributed by atoms with E-state index in [-0.39, 0.29) is 17.1 Å². The zero-order chi connectivity index (χ0) is 15.5. The van der Waals surface area contributed by atoms with Crippen molar-refractivity contribution >= 4 is 28.8 Å². The summed E-state index contributed by atoms with van der Waals surface area (Å²) >= 11 is 7.40. The first-order valence-electron chi connectivity index (χ1n) is 6.30. The highest BCUT2D eigenvalue weighted by Gasteiger charge is 2.12. The standard InChI is InChI=1S/C14H10ClFN4OS/c15-13-5-9(16)1-2-12(13)14(21)17-6-10-7-20(19-18-10)11-3-4-22-8-11/h1-5,7-8H,6H2,(H,17,21). The summed E-state index contributed by atoms with van der Waals surface area (Å²) in [5, 5.41) is 14.6. The molecule has 2 aromatic heterocycles. The summed E-state index contributed by atoms with van der Waals surface area (Å²) < 4.78 is 14.6. The van der Waals surface area contributed by atoms with E-state index in [1.807, 2.05) is 16.8 Å². The molecule has 112 valence electrons. The van der Waals surface area contributed by atoms with Gasteiger partial charge < -0.3 is 5.32 Å². The molecule has 0 unspecified atom stereocenters. The topological polar surface area (TPSA) is 59.8 Å². The van der Waals surface area contributed by atoms with Gasteiger partial charge in [-0.15, -0.1) is 5.10 Å². The van der Waals surface area contributed by atoms with Crippen molar-refractivity contribution in [2.24, 2.45) is 0 Å². The third-order valence-electron chi connectivity index (χ3n) is 2.92. The minimum absolute atomic E-state index is 0.0689. The van der Waals surface area contributed by atoms with E-state index < -0.39 is 11.7 Å². The molecule has 0 aliphatic carbocycles. The summed E-state index contributed by atoms with van der Waals surface area (Å²) in [7, 11) is 0. The maximum Gasteiger partial charge on any atom is 0.253 e. The number of benzene rings is 1. The van der Waals surface area contributed by atoms with Crippen LogP contribution in [-0.4, -0.2) is 20.9 Å². The van der Waals surface area contributed by atoms with E-state index >= 15 is 0 Å². The lowest BCUT2D eigenvalue weighted by molar-refractivity contribution is 0.0950. The number of thiophene rings is 1. The molecular formula is C14H10ClFN4OS. The molecule has 22 heavy (non-hydrogen) atoms. The number of nitrogens with one attached hydrogen (secondary N) is 1. The van der Waals surface area contributed by atoms with Crippen LogP contribution in [-0.2, 0) is 6.54 Å². The van der Waals surface area contributed by atoms with E-state index in [1.54, 1.807) is 22.2 Å². The van der Waals surface area contributed by atoms with E-state index in [2.05, 4.69) is 15.6 Å². The fourth-order valence-electron chi connectivity index (χ4n) is 1.83. The molecule has 1 N–H and O–H groups in total. The zero-order valence-corrected chi connectivity index (χ0v) is 12.7. The fraction of sp³-hybridized carbons (Fsp3) is 0.0714. The first kappa shape index (κ1) is 14.7. The molecule has 0 aliphatic heterocycles. The third-order valence-corrected chi connectivity index (χ3v) is 3.90. The molecule has 0 saturated carbocycles. The van der Waals surface area contributed by atoms with Gasteiger partial charge in [-0.3, -0.25) is 4.79 Å². The summed E-state index contributed by atoms with van der Waals surface area (Å²) in [6.45, 7) is 0.205. The van der Waals surface area contributed by atoms with E-state index in [1.165, 1.54) is 12.1 Å². The molecule has 0 atom stereocenters. The van der Waals surface area contributed by atoms with Gasteiger partial charge in [0.05, 0.1) is 29.0 Å². The summed E-state index contributed by atoms with van der Waals surface area (Å²) in [5.74, 6) is -0.879. The van der Waals surface area contributed by atoms with Crippen LogP contribution in [0.1, 0.15) is 16.1 Å². The maximum absolute atomic E-state index is 13.0. The number of rotatable bonds is 4. The monoisotopic (exact) mass is 336 g/mol. The molecule has 1 aromatic carbocycles. The van der Waals surface area contributed by atoms with Crippen LogP contribution in [0.4, 0.5) is 4.39 Å². The van der Waals surface area contributed by atoms with Crippen LogP contribution >= 0.6 is 22.9 Å². The molecule has 3 rings (SSSR count). The lowest BCUT2D eigenvalue weighted by Gasteiger charge is -2.05. The molecule has 0 fully saturated rings. The number of aromatic nitrogens is 3. The first-order chi connectivity index (χ1) is 10.6. The highest BCUT2D eigenvalue weighted by Crippen LogP contribution is 2.17. The van der Waals surface area contributed by atoms with E-state index in [4.69, 9.17) is 11.6 Å². The SMILES string of the molecule is O=C(NCc1cn(-c2ccsc2)nn1)c1ccc(F)cc1Cl. The van der Waals surface area contributed by atoms with Gasteiger partial charge in [-0.1, -0.05) is 16.8 Å². The quantitative estimate of drug-likeness (QED) is 0.796. The van der Waals surface area contributed by atoms with Crippen LogP contribution in [0.5, 0.6) is 0 Å². The summed E-state index contributed by atoms with van der Waals surface area (Å²) in [5.41, 5.74) is 1.74. The number of amides is 1. The molecule has 0 spiro atoms. The van der Waals surface area contributed by atoms with Gasteiger partial charge in [0.2, 0.25) is 0 Å². The molecule has 0 aliphatic rings. The van der Waals surface area contributed by atoms with Gasteiger partial charge in [0, 0.05) is 5.38 Å². The molecular weight excluding hydrogens is 327 g/mol. The highest BCUT2D eigenvalue weighted by atomic mass is 35.5. The van der Waals surface area contributed by atoms with Gasteiger partial charge in [0.25, 0.3) is 5.91 Å². The van der Waals surface area contributed by atoms with Crippen molar-refractivity contribution in [3.63, 3.8) is 0 Å². The predicted octanol–water partition coefficient (Wildman–Crippen LogP) is 3.05. The van der Waals surface area contributed by atoms with Gasteiger partial charge in [-0.2, -0.15) is 11.3 Å². The van der Waals surface area contributed by atoms with Crippen molar-refractivity contribution in [1.82, 2.24) is 20.3 Å². The predicted molar refractivity (Wildman–Crippen MR) is 81.8 cm³/mol. The van der Waals surface area contributed by atoms with Crippen LogP contribution in [0.3, 0.4) is 0 Å². The number of carbonyl (C=O) groups excluding carboxylic acids is 1. The Hall–Kier alpha value is -2.25. The largest absolute Gasteiger partial charge is 0.346 e. The zero-order valence-electron chi connectivity index (χ0n) is 11.2. The fourth-order valence-corrected chi connectivity index (χ4v) is 2.71. The van der Waals surface area contributed by atoms with Gasteiger partial charge in [0.1, 0.15) is 11.5 Å². The minimum Gasteiger partial charge on any atom is -0.346 e. The second-order valence-electron chi connectivity index (χ2n) is 4.44. The minimum atomic E-state index is -0.486. The van der Waals surface area contributed by atoms with E-state index in [0.29, 0.717) is 5.69 Å². The Morgan fingerprint density at radius 3 is 3.00 bits per heavy atom. The van der Waals surface area contributed by atoms with Crippen molar-refractivity contribution in [3.05, 3.63) is 63.3 Å². The average molecular weight is 337 g/mol. The van der Waals surface area contributed by atoms with Crippen LogP contribution in [0.2, 0.25) is 5.02 Å². The second kappa shape index (κ2) is 6.25. The Kier molecular flexibility index (Phi) is 4.17. The molecule has 0 saturated heterocycles. The van der Waals surface area contributed by atoms with Crippen molar-refractivity contribution in [2.45, 2.75) is 6.54 Å². The molecule has 1 amide bonds. The third kappa shape index (κ3) is 3.15. The summed E-state index contributed by atoms with van der Waals surface area (Å²) in [4.78, 5) is 12.0. The molecule has 0 bridgehead atoms. The van der Waals surface area contributed by atoms with Crippen LogP contribution in [0.15, 0.2) is 41.2 Å². The Morgan fingerprint density at radius 1 is 1.41 bits per heavy atom. The van der Waals surface area contributed by atoms with Gasteiger partial charge >= 0.3 is 0 Å². The molecule has 5 nitrogen and oxygen atoms in total. The summed E-state index contributed by atoms with van der Waals surface area (Å²) in [6, 6.07) is 5.55. The van der Waals surface area contributed by atoms with Gasteiger partial charge in [-0.05, 0) is 29.6 Å². The number of halogens is 2. The van der Waals surface area contributed by atoms with Crippen molar-refractivity contribution in [3.8, 4) is 5.69 Å². The number of nitrogens with zero attached hydrogens (tertiary/aromatic N) is 3. The molecule has 2 heterocycles. The van der Waals surface area contributed by atoms with Crippen molar-refractivity contribution < 1.29 is 9.18 Å². The Bertz CT molecular complexity index is 803. The normalized spacial score (nSPS) is 10.6. The van der Waals surface area contributed by atoms with Gasteiger partial charge in [0.15, 0.2) is 0 Å². The smallest absolute Gasteiger partial charge is 0.253 e. The van der Waals surface area contributed by atoms with Crippen molar-refractivity contribution in [1.29, 1.82) is 0 Å². The molecule has 0 radical (unpaired) electrons. The van der Waals surface area contributed by atoms with Gasteiger partial charge in [-0.25, -0.2) is 9.07 Å². The van der Waals surface area contributed by atoms with Crippen molar-refractivity contribution in [2.75, 3.05) is 0 Å². The number of hydrogen-bond acceptors (Lipinski definition) is 4. The lowest BCUT2D eigenvalue weighted by Crippen LogP contribution is -2.23. The number of carbonyl (C=O) groups is 1. The van der Waals surface area contributed by atoms with Crippen LogP contribution in [0.25, 0.3) is 5.69 Å². The van der Waals surface area contributed by atoms with E-state index in [9.17, 15) is 9.18 Å². The van der Waals surface area contributed by atoms with Crippen LogP contribution < -0.4 is 5.32 Å². The average Bonchev–Trinajstić information content (AvgIpc) is 3.16. The number of hydrogen-bond donors (Lipinski definition) is 1. The Balaban J connectivity index is 1.66. The lowest BCUT2D eigenvalue weighted by atomic mass is 10.2. The molecule has 3 aromatic rings. The Labute approximate surface area is 134 Å². The maximum atomic E-state index is 13.0. The van der Waals surface area contributed by atoms with Crippen LogP contribution in [0, 0.1) is 5.82 Å². The summed E-state index contributed by atoms with van der Waals surface area (Å²) in [6.07, 6.45) is 1.73. The Morgan fingerprint density at radius 2 is 2.27 bits per heavy atom.